The van der Waals surface area contributed by atoms with Crippen LogP contribution >= 0.6 is 0 Å². The summed E-state index contributed by atoms with van der Waals surface area (Å²) in [4.78, 5) is 0. The van der Waals surface area contributed by atoms with Gasteiger partial charge in [0.25, 0.3) is 0 Å². The molecule has 1 unspecified atom stereocenters. The van der Waals surface area contributed by atoms with Gasteiger partial charge in [-0.3, -0.25) is 0 Å². The summed E-state index contributed by atoms with van der Waals surface area (Å²) in [6.45, 7) is 11.0. The van der Waals surface area contributed by atoms with Gasteiger partial charge < -0.3 is 0 Å². The molecule has 0 spiro atoms. The molecule has 0 heterocycles. The van der Waals surface area contributed by atoms with Crippen LogP contribution in [0.4, 0.5) is 0 Å². The van der Waals surface area contributed by atoms with Crippen LogP contribution in [0, 0.1) is 11.8 Å². The van der Waals surface area contributed by atoms with E-state index < -0.39 is 0 Å². The molecule has 0 radical (unpaired) electrons. The van der Waals surface area contributed by atoms with Crippen molar-refractivity contribution < 1.29 is 0 Å². The van der Waals surface area contributed by atoms with Crippen molar-refractivity contribution in [2.24, 2.45) is 11.8 Å². The van der Waals surface area contributed by atoms with Crippen molar-refractivity contribution in [2.75, 3.05) is 0 Å². The van der Waals surface area contributed by atoms with Gasteiger partial charge in [0, 0.05) is 0 Å². The van der Waals surface area contributed by atoms with E-state index >= 15 is 0 Å². The highest BCUT2D eigenvalue weighted by Crippen LogP contribution is 2.13. The van der Waals surface area contributed by atoms with Gasteiger partial charge in [-0.1, -0.05) is 44.6 Å². The van der Waals surface area contributed by atoms with E-state index in [0.29, 0.717) is 11.8 Å². The predicted molar refractivity (Wildman–Crippen MR) is 57.2 cm³/mol. The molecule has 0 saturated carbocycles. The lowest BCUT2D eigenvalue weighted by molar-refractivity contribution is 0.701. The molecule has 0 amide bonds. The van der Waals surface area contributed by atoms with Crippen LogP contribution in [0.1, 0.15) is 41.0 Å². The zero-order chi connectivity index (χ0) is 9.56. The van der Waals surface area contributed by atoms with E-state index in [4.69, 9.17) is 0 Å². The van der Waals surface area contributed by atoms with Crippen LogP contribution < -0.4 is 0 Å². The predicted octanol–water partition coefficient (Wildman–Crippen LogP) is 4.19. The molecular formula is C12H22. The number of hydrogen-bond donors (Lipinski definition) is 0. The molecule has 0 aromatic rings. The van der Waals surface area contributed by atoms with Gasteiger partial charge in [-0.15, -0.1) is 0 Å². The van der Waals surface area contributed by atoms with E-state index in [1.807, 2.05) is 0 Å². The molecule has 0 N–H and O–H groups in total. The van der Waals surface area contributed by atoms with E-state index in [9.17, 15) is 0 Å². The van der Waals surface area contributed by atoms with Crippen molar-refractivity contribution in [1.29, 1.82) is 0 Å². The Bertz CT molecular complexity index is 161. The molecule has 0 aromatic heterocycles. The van der Waals surface area contributed by atoms with Gasteiger partial charge in [0.05, 0.1) is 0 Å². The van der Waals surface area contributed by atoms with E-state index in [0.717, 1.165) is 0 Å². The zero-order valence-electron chi connectivity index (χ0n) is 9.09. The van der Waals surface area contributed by atoms with E-state index in [1.54, 1.807) is 0 Å². The van der Waals surface area contributed by atoms with Crippen molar-refractivity contribution in [3.8, 4) is 0 Å². The van der Waals surface area contributed by atoms with Crippen molar-refractivity contribution in [3.05, 3.63) is 23.8 Å². The second kappa shape index (κ2) is 6.05. The first kappa shape index (κ1) is 11.5. The minimum atomic E-state index is 0.683. The normalized spacial score (nSPS) is 16.0. The van der Waals surface area contributed by atoms with E-state index in [2.05, 4.69) is 52.8 Å². The van der Waals surface area contributed by atoms with Crippen LogP contribution in [0.3, 0.4) is 0 Å². The maximum absolute atomic E-state index is 2.35. The van der Waals surface area contributed by atoms with Crippen molar-refractivity contribution in [2.45, 2.75) is 41.0 Å². The molecule has 0 saturated heterocycles. The first-order valence-electron chi connectivity index (χ1n) is 4.86. The minimum Gasteiger partial charge on any atom is -0.0914 e. The smallest absolute Gasteiger partial charge is 0.0225 e. The second-order valence-corrected chi connectivity index (χ2v) is 3.96. The summed E-state index contributed by atoms with van der Waals surface area (Å²) in [7, 11) is 0. The SMILES string of the molecule is CC=CC(C)CC(C)=CC(C)C. The van der Waals surface area contributed by atoms with Crippen LogP contribution in [0.2, 0.25) is 0 Å². The van der Waals surface area contributed by atoms with Crippen LogP contribution in [-0.4, -0.2) is 0 Å². The number of hydrogen-bond acceptors (Lipinski definition) is 0. The summed E-state index contributed by atoms with van der Waals surface area (Å²) in [6.07, 6.45) is 7.94. The maximum atomic E-state index is 2.35. The molecule has 0 fully saturated rings. The van der Waals surface area contributed by atoms with E-state index in [1.165, 1.54) is 12.0 Å². The van der Waals surface area contributed by atoms with Gasteiger partial charge in [0.15, 0.2) is 0 Å². The number of allylic oxidation sites excluding steroid dienone is 4. The fraction of sp³-hybridized carbons (Fsp3) is 0.667. The molecule has 0 rings (SSSR count). The quantitative estimate of drug-likeness (QED) is 0.549. The lowest BCUT2D eigenvalue weighted by atomic mass is 9.99. The van der Waals surface area contributed by atoms with Crippen LogP contribution in [0.15, 0.2) is 23.8 Å². The minimum absolute atomic E-state index is 0.683. The second-order valence-electron chi connectivity index (χ2n) is 3.96. The highest BCUT2D eigenvalue weighted by molar-refractivity contribution is 5.03. The first-order chi connectivity index (χ1) is 5.56. The molecule has 0 bridgehead atoms. The highest BCUT2D eigenvalue weighted by Gasteiger charge is 1.98. The third-order valence-electron chi connectivity index (χ3n) is 1.78. The fourth-order valence-corrected chi connectivity index (χ4v) is 1.54. The summed E-state index contributed by atoms with van der Waals surface area (Å²) in [5.74, 6) is 1.37. The lowest BCUT2D eigenvalue weighted by Crippen LogP contribution is -1.92. The summed E-state index contributed by atoms with van der Waals surface area (Å²) >= 11 is 0. The molecule has 70 valence electrons. The maximum Gasteiger partial charge on any atom is -0.0225 e. The molecule has 12 heavy (non-hydrogen) atoms. The van der Waals surface area contributed by atoms with Crippen LogP contribution in [0.5, 0.6) is 0 Å². The van der Waals surface area contributed by atoms with Gasteiger partial charge in [-0.25, -0.2) is 0 Å². The summed E-state index contributed by atoms with van der Waals surface area (Å²) in [6, 6.07) is 0. The Morgan fingerprint density at radius 3 is 2.25 bits per heavy atom. The average molecular weight is 166 g/mol. The summed E-state index contributed by atoms with van der Waals surface area (Å²) in [5.41, 5.74) is 1.51. The Labute approximate surface area is 77.4 Å². The Morgan fingerprint density at radius 1 is 1.25 bits per heavy atom. The zero-order valence-corrected chi connectivity index (χ0v) is 9.09. The van der Waals surface area contributed by atoms with Crippen molar-refractivity contribution in [1.82, 2.24) is 0 Å². The Balaban J connectivity index is 3.91. The molecule has 0 aliphatic carbocycles. The van der Waals surface area contributed by atoms with E-state index in [-0.39, 0.29) is 0 Å². The molecule has 0 heteroatoms. The number of rotatable bonds is 4. The van der Waals surface area contributed by atoms with Crippen LogP contribution in [0.25, 0.3) is 0 Å². The Kier molecular flexibility index (Phi) is 5.79. The van der Waals surface area contributed by atoms with Gasteiger partial charge in [0.1, 0.15) is 0 Å². The summed E-state index contributed by atoms with van der Waals surface area (Å²) < 4.78 is 0. The molecule has 0 aliphatic rings. The Morgan fingerprint density at radius 2 is 1.83 bits per heavy atom. The average Bonchev–Trinajstić information content (AvgIpc) is 1.84. The van der Waals surface area contributed by atoms with Gasteiger partial charge >= 0.3 is 0 Å². The van der Waals surface area contributed by atoms with Crippen LogP contribution in [-0.2, 0) is 0 Å². The third-order valence-corrected chi connectivity index (χ3v) is 1.78. The van der Waals surface area contributed by atoms with Gasteiger partial charge in [-0.2, -0.15) is 0 Å². The largest absolute Gasteiger partial charge is 0.0914 e. The third kappa shape index (κ3) is 6.21. The molecule has 0 aliphatic heterocycles. The van der Waals surface area contributed by atoms with Crippen molar-refractivity contribution in [3.63, 3.8) is 0 Å². The lowest BCUT2D eigenvalue weighted by Gasteiger charge is -2.07. The molecule has 1 atom stereocenters. The highest BCUT2D eigenvalue weighted by atomic mass is 14.0. The molecule has 0 aromatic carbocycles. The molecule has 0 nitrogen and oxygen atoms in total. The van der Waals surface area contributed by atoms with Crippen molar-refractivity contribution >= 4 is 0 Å². The first-order valence-corrected chi connectivity index (χ1v) is 4.86. The van der Waals surface area contributed by atoms with Gasteiger partial charge in [-0.05, 0) is 32.1 Å². The summed E-state index contributed by atoms with van der Waals surface area (Å²) in [5, 5.41) is 0. The topological polar surface area (TPSA) is 0 Å². The van der Waals surface area contributed by atoms with Gasteiger partial charge in [0.2, 0.25) is 0 Å². The monoisotopic (exact) mass is 166 g/mol. The fourth-order valence-electron chi connectivity index (χ4n) is 1.54. The standard InChI is InChI=1S/C12H22/c1-6-7-11(4)9-12(5)8-10(2)3/h6-8,10-11H,9H2,1-5H3. The molecular weight excluding hydrogens is 144 g/mol. The Hall–Kier alpha value is -0.520.